The number of nitrogens with one attached hydrogen (secondary N) is 2. The molecular weight excluding hydrogens is 355 g/mol. The summed E-state index contributed by atoms with van der Waals surface area (Å²) in [6.45, 7) is 4.00. The van der Waals surface area contributed by atoms with E-state index in [4.69, 9.17) is 23.2 Å². The molecule has 2 atom stereocenters. The maximum atomic E-state index is 11.9. The number of benzene rings is 1. The van der Waals surface area contributed by atoms with Gasteiger partial charge in [0.15, 0.2) is 0 Å². The molecule has 0 fully saturated rings. The Morgan fingerprint density at radius 1 is 1.26 bits per heavy atom. The number of carbonyl (C=O) groups excluding carboxylic acids is 1. The third-order valence-corrected chi connectivity index (χ3v) is 4.88. The molecule has 0 spiro atoms. The molecule has 2 rings (SSSR count). The van der Waals surface area contributed by atoms with Gasteiger partial charge in [-0.25, -0.2) is 4.79 Å². The Bertz CT molecular complexity index is 670. The summed E-state index contributed by atoms with van der Waals surface area (Å²) in [5, 5.41) is 16.5. The lowest BCUT2D eigenvalue weighted by Crippen LogP contribution is -2.38. The number of carbonyl (C=O) groups is 1. The highest BCUT2D eigenvalue weighted by Gasteiger charge is 2.14. The summed E-state index contributed by atoms with van der Waals surface area (Å²) in [7, 11) is 0. The predicted molar refractivity (Wildman–Crippen MR) is 95.4 cm³/mol. The molecule has 0 saturated heterocycles. The SMILES string of the molecule is Cc1ccc(C(C)NC(=O)NCC(O)c2cc(Cl)cc(Cl)c2)s1. The van der Waals surface area contributed by atoms with Crippen LogP contribution in [0.3, 0.4) is 0 Å². The molecule has 2 amide bonds. The largest absolute Gasteiger partial charge is 0.387 e. The minimum absolute atomic E-state index is 0.0681. The molecule has 0 radical (unpaired) electrons. The van der Waals surface area contributed by atoms with E-state index in [0.29, 0.717) is 15.6 Å². The topological polar surface area (TPSA) is 61.4 Å². The van der Waals surface area contributed by atoms with Gasteiger partial charge in [-0.2, -0.15) is 0 Å². The van der Waals surface area contributed by atoms with Gasteiger partial charge in [-0.1, -0.05) is 23.2 Å². The summed E-state index contributed by atoms with van der Waals surface area (Å²) in [5.74, 6) is 0. The van der Waals surface area contributed by atoms with Crippen LogP contribution in [-0.4, -0.2) is 17.7 Å². The number of aliphatic hydroxyl groups excluding tert-OH is 1. The number of halogens is 2. The number of aryl methyl sites for hydroxylation is 1. The van der Waals surface area contributed by atoms with Crippen molar-refractivity contribution >= 4 is 40.6 Å². The van der Waals surface area contributed by atoms with Crippen molar-refractivity contribution in [1.29, 1.82) is 0 Å². The lowest BCUT2D eigenvalue weighted by molar-refractivity contribution is 0.172. The van der Waals surface area contributed by atoms with Crippen molar-refractivity contribution in [3.8, 4) is 0 Å². The number of hydrogen-bond acceptors (Lipinski definition) is 3. The van der Waals surface area contributed by atoms with E-state index in [1.807, 2.05) is 26.0 Å². The Morgan fingerprint density at radius 3 is 2.48 bits per heavy atom. The van der Waals surface area contributed by atoms with E-state index in [0.717, 1.165) is 4.88 Å². The van der Waals surface area contributed by atoms with Crippen LogP contribution in [0.2, 0.25) is 10.0 Å². The number of aliphatic hydroxyl groups is 1. The zero-order chi connectivity index (χ0) is 17.0. The van der Waals surface area contributed by atoms with Crippen LogP contribution in [0.15, 0.2) is 30.3 Å². The molecule has 2 unspecified atom stereocenters. The van der Waals surface area contributed by atoms with Crippen LogP contribution in [0.5, 0.6) is 0 Å². The standard InChI is InChI=1S/C16H18Cl2N2O2S/c1-9-3-4-15(23-9)10(2)20-16(22)19-8-14(21)11-5-12(17)7-13(18)6-11/h3-7,10,14,21H,8H2,1-2H3,(H2,19,20,22). The summed E-state index contributed by atoms with van der Waals surface area (Å²) in [4.78, 5) is 14.2. The van der Waals surface area contributed by atoms with Gasteiger partial charge < -0.3 is 15.7 Å². The number of thiophene rings is 1. The summed E-state index contributed by atoms with van der Waals surface area (Å²) >= 11 is 13.4. The molecule has 3 N–H and O–H groups in total. The first-order valence-electron chi connectivity index (χ1n) is 7.10. The van der Waals surface area contributed by atoms with Crippen molar-refractivity contribution in [1.82, 2.24) is 10.6 Å². The molecule has 0 aliphatic heterocycles. The fourth-order valence-electron chi connectivity index (χ4n) is 2.08. The Morgan fingerprint density at radius 2 is 1.91 bits per heavy atom. The van der Waals surface area contributed by atoms with Gasteiger partial charge >= 0.3 is 6.03 Å². The number of urea groups is 1. The molecule has 2 aromatic rings. The summed E-state index contributed by atoms with van der Waals surface area (Å²) in [6.07, 6.45) is -0.878. The molecular formula is C16H18Cl2N2O2S. The Balaban J connectivity index is 1.86. The van der Waals surface area contributed by atoms with Crippen LogP contribution >= 0.6 is 34.5 Å². The van der Waals surface area contributed by atoms with Gasteiger partial charge in [0.25, 0.3) is 0 Å². The lowest BCUT2D eigenvalue weighted by atomic mass is 10.1. The van der Waals surface area contributed by atoms with Crippen molar-refractivity contribution in [3.05, 3.63) is 55.7 Å². The lowest BCUT2D eigenvalue weighted by Gasteiger charge is -2.16. The van der Waals surface area contributed by atoms with E-state index in [1.165, 1.54) is 4.88 Å². The Labute approximate surface area is 149 Å². The third-order valence-electron chi connectivity index (χ3n) is 3.26. The highest BCUT2D eigenvalue weighted by molar-refractivity contribution is 7.12. The maximum Gasteiger partial charge on any atom is 0.315 e. The Kier molecular flexibility index (Phi) is 6.30. The zero-order valence-corrected chi connectivity index (χ0v) is 15.1. The van der Waals surface area contributed by atoms with E-state index in [1.54, 1.807) is 29.5 Å². The van der Waals surface area contributed by atoms with E-state index >= 15 is 0 Å². The fraction of sp³-hybridized carbons (Fsp3) is 0.312. The van der Waals surface area contributed by atoms with Crippen LogP contribution in [0, 0.1) is 6.92 Å². The average Bonchev–Trinajstić information content (AvgIpc) is 2.90. The maximum absolute atomic E-state index is 11.9. The van der Waals surface area contributed by atoms with Crippen LogP contribution in [0.1, 0.15) is 34.4 Å². The van der Waals surface area contributed by atoms with E-state index < -0.39 is 6.10 Å². The molecule has 1 aromatic heterocycles. The van der Waals surface area contributed by atoms with Crippen molar-refractivity contribution in [2.45, 2.75) is 26.0 Å². The van der Waals surface area contributed by atoms with E-state index in [-0.39, 0.29) is 18.6 Å². The highest BCUT2D eigenvalue weighted by atomic mass is 35.5. The molecule has 7 heteroatoms. The molecule has 0 aliphatic carbocycles. The number of amides is 2. The highest BCUT2D eigenvalue weighted by Crippen LogP contribution is 2.24. The molecule has 1 aromatic carbocycles. The minimum atomic E-state index is -0.878. The monoisotopic (exact) mass is 372 g/mol. The Hall–Kier alpha value is -1.27. The zero-order valence-electron chi connectivity index (χ0n) is 12.8. The van der Waals surface area contributed by atoms with Gasteiger partial charge in [-0.15, -0.1) is 11.3 Å². The smallest absolute Gasteiger partial charge is 0.315 e. The van der Waals surface area contributed by atoms with Crippen molar-refractivity contribution in [2.75, 3.05) is 6.54 Å². The number of hydrogen-bond donors (Lipinski definition) is 3. The third kappa shape index (κ3) is 5.39. The molecule has 4 nitrogen and oxygen atoms in total. The average molecular weight is 373 g/mol. The van der Waals surface area contributed by atoms with Gasteiger partial charge in [0, 0.05) is 26.3 Å². The molecule has 0 bridgehead atoms. The number of rotatable bonds is 5. The second-order valence-electron chi connectivity index (χ2n) is 5.24. The van der Waals surface area contributed by atoms with Crippen LogP contribution in [0.25, 0.3) is 0 Å². The summed E-state index contributed by atoms with van der Waals surface area (Å²) in [6, 6.07) is 8.41. The molecule has 0 aliphatic rings. The van der Waals surface area contributed by atoms with Crippen LogP contribution in [0.4, 0.5) is 4.79 Å². The van der Waals surface area contributed by atoms with Gasteiger partial charge in [-0.05, 0) is 49.7 Å². The van der Waals surface area contributed by atoms with Gasteiger partial charge in [0.05, 0.1) is 12.1 Å². The second kappa shape index (κ2) is 8.02. The molecule has 0 saturated carbocycles. The normalized spacial score (nSPS) is 13.4. The summed E-state index contributed by atoms with van der Waals surface area (Å²) < 4.78 is 0. The van der Waals surface area contributed by atoms with Gasteiger partial charge in [0.2, 0.25) is 0 Å². The molecule has 23 heavy (non-hydrogen) atoms. The molecule has 1 heterocycles. The predicted octanol–water partition coefficient (Wildman–Crippen LogP) is 4.46. The first-order valence-corrected chi connectivity index (χ1v) is 8.67. The van der Waals surface area contributed by atoms with Crippen molar-refractivity contribution < 1.29 is 9.90 Å². The molecule has 124 valence electrons. The van der Waals surface area contributed by atoms with Gasteiger partial charge in [-0.3, -0.25) is 0 Å². The van der Waals surface area contributed by atoms with Gasteiger partial charge in [0.1, 0.15) is 0 Å². The van der Waals surface area contributed by atoms with E-state index in [9.17, 15) is 9.90 Å². The van der Waals surface area contributed by atoms with Crippen LogP contribution in [-0.2, 0) is 0 Å². The first kappa shape index (κ1) is 18.1. The minimum Gasteiger partial charge on any atom is -0.387 e. The van der Waals surface area contributed by atoms with Crippen molar-refractivity contribution in [2.24, 2.45) is 0 Å². The fourth-order valence-corrected chi connectivity index (χ4v) is 3.50. The van der Waals surface area contributed by atoms with Crippen LogP contribution < -0.4 is 10.6 Å². The van der Waals surface area contributed by atoms with E-state index in [2.05, 4.69) is 10.6 Å². The summed E-state index contributed by atoms with van der Waals surface area (Å²) in [5.41, 5.74) is 0.560. The second-order valence-corrected chi connectivity index (χ2v) is 7.44. The quantitative estimate of drug-likeness (QED) is 0.725. The van der Waals surface area contributed by atoms with Crippen molar-refractivity contribution in [3.63, 3.8) is 0 Å². The first-order chi connectivity index (χ1) is 10.8.